The van der Waals surface area contributed by atoms with Gasteiger partial charge >= 0.3 is 5.97 Å². The number of esters is 1. The monoisotopic (exact) mass is 409 g/mol. The summed E-state index contributed by atoms with van der Waals surface area (Å²) in [4.78, 5) is 23.7. The van der Waals surface area contributed by atoms with Crippen LogP contribution in [0.1, 0.15) is 22.8 Å². The molecule has 0 saturated carbocycles. The lowest BCUT2D eigenvalue weighted by atomic mass is 10.0. The first-order chi connectivity index (χ1) is 11.4. The number of benzene rings is 2. The van der Waals surface area contributed by atoms with Crippen LogP contribution in [0, 0.1) is 5.92 Å². The summed E-state index contributed by atoms with van der Waals surface area (Å²) in [5.74, 6) is -0.732. The van der Waals surface area contributed by atoms with Crippen LogP contribution in [-0.4, -0.2) is 19.0 Å². The van der Waals surface area contributed by atoms with E-state index in [0.717, 1.165) is 10.0 Å². The largest absolute Gasteiger partial charge is 0.469 e. The number of anilines is 1. The zero-order chi connectivity index (χ0) is 17.7. The Kier molecular flexibility index (Phi) is 6.40. The van der Waals surface area contributed by atoms with Crippen LogP contribution in [0.25, 0.3) is 0 Å². The second kappa shape index (κ2) is 8.31. The lowest BCUT2D eigenvalue weighted by Gasteiger charge is -2.10. The maximum atomic E-state index is 12.3. The molecular formula is C18H17BrClNO3. The minimum absolute atomic E-state index is 0.212. The average molecular weight is 411 g/mol. The maximum absolute atomic E-state index is 12.3. The van der Waals surface area contributed by atoms with Crippen molar-refractivity contribution in [3.05, 3.63) is 63.1 Å². The van der Waals surface area contributed by atoms with Gasteiger partial charge in [-0.15, -0.1) is 0 Å². The number of hydrogen-bond donors (Lipinski definition) is 1. The van der Waals surface area contributed by atoms with Crippen molar-refractivity contribution in [3.8, 4) is 0 Å². The van der Waals surface area contributed by atoms with Gasteiger partial charge in [-0.1, -0.05) is 46.6 Å². The van der Waals surface area contributed by atoms with Gasteiger partial charge in [0, 0.05) is 10.2 Å². The summed E-state index contributed by atoms with van der Waals surface area (Å²) in [6, 6.07) is 12.4. The Morgan fingerprint density at radius 1 is 1.21 bits per heavy atom. The molecule has 1 amide bonds. The van der Waals surface area contributed by atoms with Crippen LogP contribution in [-0.2, 0) is 16.0 Å². The second-order valence-corrected chi connectivity index (χ2v) is 6.73. The van der Waals surface area contributed by atoms with E-state index in [9.17, 15) is 9.59 Å². The van der Waals surface area contributed by atoms with Crippen LogP contribution >= 0.6 is 27.5 Å². The molecule has 1 N–H and O–H groups in total. The molecule has 0 aromatic heterocycles. The third-order valence-electron chi connectivity index (χ3n) is 3.53. The van der Waals surface area contributed by atoms with Crippen molar-refractivity contribution >= 4 is 45.1 Å². The molecule has 0 heterocycles. The maximum Gasteiger partial charge on any atom is 0.308 e. The summed E-state index contributed by atoms with van der Waals surface area (Å²) in [5.41, 5.74) is 2.05. The Morgan fingerprint density at radius 2 is 1.88 bits per heavy atom. The number of amides is 1. The van der Waals surface area contributed by atoms with Crippen molar-refractivity contribution in [1.29, 1.82) is 0 Å². The number of methoxy groups -OCH3 is 1. The topological polar surface area (TPSA) is 55.4 Å². The Bertz CT molecular complexity index is 746. The Hall–Kier alpha value is -1.85. The van der Waals surface area contributed by atoms with Gasteiger partial charge in [-0.3, -0.25) is 9.59 Å². The van der Waals surface area contributed by atoms with Gasteiger partial charge in [0.25, 0.3) is 5.91 Å². The fraction of sp³-hybridized carbons (Fsp3) is 0.222. The number of ether oxygens (including phenoxy) is 1. The lowest BCUT2D eigenvalue weighted by molar-refractivity contribution is -0.144. The van der Waals surface area contributed by atoms with Crippen molar-refractivity contribution in [2.24, 2.45) is 5.92 Å². The molecule has 1 unspecified atom stereocenters. The molecule has 0 radical (unpaired) electrons. The fourth-order valence-corrected chi connectivity index (χ4v) is 2.80. The summed E-state index contributed by atoms with van der Waals surface area (Å²) in [6.45, 7) is 1.82. The van der Waals surface area contributed by atoms with Crippen molar-refractivity contribution in [3.63, 3.8) is 0 Å². The summed E-state index contributed by atoms with van der Waals surface area (Å²) >= 11 is 9.38. The molecule has 1 atom stereocenters. The van der Waals surface area contributed by atoms with Crippen LogP contribution < -0.4 is 5.32 Å². The first-order valence-corrected chi connectivity index (χ1v) is 8.51. The highest BCUT2D eigenvalue weighted by Crippen LogP contribution is 2.22. The normalized spacial score (nSPS) is 11.7. The molecule has 2 aromatic carbocycles. The molecule has 0 fully saturated rings. The Labute approximate surface area is 154 Å². The first kappa shape index (κ1) is 18.5. The Balaban J connectivity index is 2.05. The molecule has 2 rings (SSSR count). The SMILES string of the molecule is COC(=O)C(C)Cc1ccc(NC(=O)c2cc(Br)ccc2Cl)cc1. The zero-order valence-electron chi connectivity index (χ0n) is 13.3. The first-order valence-electron chi connectivity index (χ1n) is 7.34. The lowest BCUT2D eigenvalue weighted by Crippen LogP contribution is -2.15. The van der Waals surface area contributed by atoms with Crippen LogP contribution in [0.15, 0.2) is 46.9 Å². The fourth-order valence-electron chi connectivity index (χ4n) is 2.23. The highest BCUT2D eigenvalue weighted by Gasteiger charge is 2.14. The van der Waals surface area contributed by atoms with Gasteiger partial charge in [-0.25, -0.2) is 0 Å². The van der Waals surface area contributed by atoms with Gasteiger partial charge in [0.1, 0.15) is 0 Å². The number of hydrogen-bond acceptors (Lipinski definition) is 3. The summed E-state index contributed by atoms with van der Waals surface area (Å²) in [7, 11) is 1.38. The van der Waals surface area contributed by atoms with E-state index in [1.165, 1.54) is 7.11 Å². The molecule has 0 bridgehead atoms. The van der Waals surface area contributed by atoms with Crippen LogP contribution in [0.4, 0.5) is 5.69 Å². The van der Waals surface area contributed by atoms with E-state index in [1.54, 1.807) is 30.3 Å². The third kappa shape index (κ3) is 4.82. The molecular weight excluding hydrogens is 394 g/mol. The zero-order valence-corrected chi connectivity index (χ0v) is 15.6. The molecule has 6 heteroatoms. The second-order valence-electron chi connectivity index (χ2n) is 5.40. The molecule has 2 aromatic rings. The van der Waals surface area contributed by atoms with Crippen molar-refractivity contribution in [2.75, 3.05) is 12.4 Å². The number of carbonyl (C=O) groups excluding carboxylic acids is 2. The van der Waals surface area contributed by atoms with E-state index in [-0.39, 0.29) is 17.8 Å². The molecule has 0 spiro atoms. The van der Waals surface area contributed by atoms with E-state index < -0.39 is 0 Å². The summed E-state index contributed by atoms with van der Waals surface area (Å²) < 4.78 is 5.50. The molecule has 0 saturated heterocycles. The van der Waals surface area contributed by atoms with Crippen LogP contribution in [0.3, 0.4) is 0 Å². The summed E-state index contributed by atoms with van der Waals surface area (Å²) in [5, 5.41) is 3.19. The van der Waals surface area contributed by atoms with Gasteiger partial charge < -0.3 is 10.1 Å². The van der Waals surface area contributed by atoms with Gasteiger partial charge in [-0.05, 0) is 42.3 Å². The van der Waals surface area contributed by atoms with Crippen molar-refractivity contribution in [1.82, 2.24) is 0 Å². The third-order valence-corrected chi connectivity index (χ3v) is 4.35. The quantitative estimate of drug-likeness (QED) is 0.727. The minimum Gasteiger partial charge on any atom is -0.469 e. The standard InChI is InChI=1S/C18H17BrClNO3/c1-11(18(23)24-2)9-12-3-6-14(7-4-12)21-17(22)15-10-13(19)5-8-16(15)20/h3-8,10-11H,9H2,1-2H3,(H,21,22). The van der Waals surface area contributed by atoms with E-state index in [0.29, 0.717) is 22.7 Å². The molecule has 0 aliphatic heterocycles. The van der Waals surface area contributed by atoms with E-state index in [1.807, 2.05) is 19.1 Å². The molecule has 0 aliphatic rings. The molecule has 126 valence electrons. The predicted octanol–water partition coefficient (Wildman–Crippen LogP) is 4.71. The van der Waals surface area contributed by atoms with Crippen molar-refractivity contribution < 1.29 is 14.3 Å². The van der Waals surface area contributed by atoms with E-state index in [4.69, 9.17) is 16.3 Å². The highest BCUT2D eigenvalue weighted by atomic mass is 79.9. The molecule has 0 aliphatic carbocycles. The number of rotatable bonds is 5. The van der Waals surface area contributed by atoms with Gasteiger partial charge in [-0.2, -0.15) is 0 Å². The van der Waals surface area contributed by atoms with Crippen molar-refractivity contribution in [2.45, 2.75) is 13.3 Å². The average Bonchev–Trinajstić information content (AvgIpc) is 2.57. The minimum atomic E-state index is -0.281. The van der Waals surface area contributed by atoms with Gasteiger partial charge in [0.15, 0.2) is 0 Å². The van der Waals surface area contributed by atoms with Crippen LogP contribution in [0.2, 0.25) is 5.02 Å². The molecule has 24 heavy (non-hydrogen) atoms. The van der Waals surface area contributed by atoms with Gasteiger partial charge in [0.2, 0.25) is 0 Å². The van der Waals surface area contributed by atoms with E-state index in [2.05, 4.69) is 21.2 Å². The number of nitrogens with one attached hydrogen (secondary N) is 1. The Morgan fingerprint density at radius 3 is 2.50 bits per heavy atom. The van der Waals surface area contributed by atoms with Gasteiger partial charge in [0.05, 0.1) is 23.6 Å². The number of carbonyl (C=O) groups is 2. The van der Waals surface area contributed by atoms with E-state index >= 15 is 0 Å². The molecule has 4 nitrogen and oxygen atoms in total. The summed E-state index contributed by atoms with van der Waals surface area (Å²) in [6.07, 6.45) is 0.582. The van der Waals surface area contributed by atoms with Crippen LogP contribution in [0.5, 0.6) is 0 Å². The number of halogens is 2. The highest BCUT2D eigenvalue weighted by molar-refractivity contribution is 9.10. The predicted molar refractivity (Wildman–Crippen MR) is 98.4 cm³/mol. The smallest absolute Gasteiger partial charge is 0.308 e.